The molecule has 1 aliphatic rings. The third-order valence-corrected chi connectivity index (χ3v) is 3.46. The van der Waals surface area contributed by atoms with Crippen LogP contribution in [0.15, 0.2) is 18.2 Å². The van der Waals surface area contributed by atoms with Crippen molar-refractivity contribution in [3.05, 3.63) is 18.2 Å². The number of aromatic nitrogens is 2. The van der Waals surface area contributed by atoms with Gasteiger partial charge < -0.3 is 15.2 Å². The first kappa shape index (κ1) is 11.3. The van der Waals surface area contributed by atoms with E-state index in [0.29, 0.717) is 5.92 Å². The zero-order chi connectivity index (χ0) is 12.4. The first-order valence-electron chi connectivity index (χ1n) is 6.33. The van der Waals surface area contributed by atoms with Gasteiger partial charge in [0.1, 0.15) is 5.75 Å². The molecule has 1 aromatic heterocycles. The molecule has 1 aliphatic heterocycles. The van der Waals surface area contributed by atoms with Gasteiger partial charge in [0, 0.05) is 6.07 Å². The minimum Gasteiger partial charge on any atom is -0.493 e. The molecule has 1 fully saturated rings. The molecule has 0 atom stereocenters. The van der Waals surface area contributed by atoms with E-state index in [1.165, 1.54) is 12.8 Å². The second-order valence-corrected chi connectivity index (χ2v) is 4.76. The van der Waals surface area contributed by atoms with Crippen molar-refractivity contribution < 1.29 is 9.84 Å². The van der Waals surface area contributed by atoms with Crippen molar-refractivity contribution in [2.75, 3.05) is 19.7 Å². The third kappa shape index (κ3) is 2.26. The van der Waals surface area contributed by atoms with Crippen LogP contribution in [0.2, 0.25) is 0 Å². The van der Waals surface area contributed by atoms with Crippen molar-refractivity contribution >= 4 is 10.9 Å². The van der Waals surface area contributed by atoms with Gasteiger partial charge >= 0.3 is 0 Å². The highest BCUT2D eigenvalue weighted by molar-refractivity contribution is 5.84. The van der Waals surface area contributed by atoms with Gasteiger partial charge in [0.05, 0.1) is 17.5 Å². The van der Waals surface area contributed by atoms with Crippen molar-refractivity contribution in [3.63, 3.8) is 0 Å². The highest BCUT2D eigenvalue weighted by atomic mass is 16.5. The summed E-state index contributed by atoms with van der Waals surface area (Å²) in [6.07, 6.45) is 2.35. The summed E-state index contributed by atoms with van der Waals surface area (Å²) in [7, 11) is 0. The fraction of sp³-hybridized carbons (Fsp3) is 0.462. The molecule has 0 unspecified atom stereocenters. The van der Waals surface area contributed by atoms with E-state index in [0.717, 1.165) is 36.3 Å². The van der Waals surface area contributed by atoms with Gasteiger partial charge in [-0.1, -0.05) is 0 Å². The quantitative estimate of drug-likeness (QED) is 0.771. The third-order valence-electron chi connectivity index (χ3n) is 3.46. The summed E-state index contributed by atoms with van der Waals surface area (Å²) in [5.74, 6) is 1.50. The van der Waals surface area contributed by atoms with Crippen LogP contribution in [0, 0.1) is 5.92 Å². The Morgan fingerprint density at radius 1 is 1.33 bits per heavy atom. The van der Waals surface area contributed by atoms with Crippen molar-refractivity contribution in [3.8, 4) is 11.6 Å². The number of hydrogen-bond donors (Lipinski definition) is 3. The molecule has 0 saturated carbocycles. The molecule has 0 radical (unpaired) electrons. The lowest BCUT2D eigenvalue weighted by Gasteiger charge is -2.22. The van der Waals surface area contributed by atoms with E-state index in [1.54, 1.807) is 0 Å². The molecule has 5 nitrogen and oxygen atoms in total. The molecule has 96 valence electrons. The Balaban J connectivity index is 1.66. The van der Waals surface area contributed by atoms with Crippen molar-refractivity contribution in [2.24, 2.45) is 5.92 Å². The largest absolute Gasteiger partial charge is 0.493 e. The molecule has 3 N–H and O–H groups in total. The number of hydrogen-bond acceptors (Lipinski definition) is 4. The number of H-pyrrole nitrogens is 1. The van der Waals surface area contributed by atoms with E-state index in [4.69, 9.17) is 4.74 Å². The van der Waals surface area contributed by atoms with Crippen LogP contribution in [0.25, 0.3) is 10.9 Å². The predicted octanol–water partition coefficient (Wildman–Crippen LogP) is 1.65. The first-order chi connectivity index (χ1) is 8.83. The van der Waals surface area contributed by atoms with Crippen LogP contribution >= 0.6 is 0 Å². The van der Waals surface area contributed by atoms with Gasteiger partial charge in [-0.05, 0) is 44.0 Å². The van der Waals surface area contributed by atoms with E-state index in [2.05, 4.69) is 15.5 Å². The molecular formula is C13H17N3O2. The Morgan fingerprint density at radius 3 is 3.00 bits per heavy atom. The maximum absolute atomic E-state index is 9.45. The van der Waals surface area contributed by atoms with E-state index >= 15 is 0 Å². The minimum absolute atomic E-state index is 0.0369. The summed E-state index contributed by atoms with van der Waals surface area (Å²) in [6, 6.07) is 5.58. The molecular weight excluding hydrogens is 230 g/mol. The first-order valence-corrected chi connectivity index (χ1v) is 6.33. The number of ether oxygens (including phenoxy) is 1. The lowest BCUT2D eigenvalue weighted by atomic mass is 9.99. The Bertz CT molecular complexity index is 532. The molecule has 1 aromatic carbocycles. The molecule has 0 amide bonds. The Kier molecular flexibility index (Phi) is 3.06. The SMILES string of the molecule is Oc1n[nH]c2cc(OCC3CCNCC3)ccc12. The number of piperidine rings is 1. The normalized spacial score (nSPS) is 17.1. The van der Waals surface area contributed by atoms with Crippen LogP contribution in [0.1, 0.15) is 12.8 Å². The van der Waals surface area contributed by atoms with Crippen LogP contribution < -0.4 is 10.1 Å². The number of rotatable bonds is 3. The fourth-order valence-corrected chi connectivity index (χ4v) is 2.34. The van der Waals surface area contributed by atoms with E-state index in [-0.39, 0.29) is 5.88 Å². The standard InChI is InChI=1S/C13H17N3O2/c17-13-11-2-1-10(7-12(11)15-16-13)18-8-9-3-5-14-6-4-9/h1-2,7,9,14H,3-6,8H2,(H2,15,16,17). The average molecular weight is 247 g/mol. The van der Waals surface area contributed by atoms with Gasteiger partial charge in [-0.15, -0.1) is 5.10 Å². The van der Waals surface area contributed by atoms with E-state index < -0.39 is 0 Å². The molecule has 0 bridgehead atoms. The van der Waals surface area contributed by atoms with E-state index in [9.17, 15) is 5.11 Å². The number of nitrogens with one attached hydrogen (secondary N) is 2. The van der Waals surface area contributed by atoms with Gasteiger partial charge in [0.2, 0.25) is 5.88 Å². The van der Waals surface area contributed by atoms with Gasteiger partial charge in [0.15, 0.2) is 0 Å². The molecule has 18 heavy (non-hydrogen) atoms. The van der Waals surface area contributed by atoms with Crippen molar-refractivity contribution in [1.82, 2.24) is 15.5 Å². The topological polar surface area (TPSA) is 70.2 Å². The zero-order valence-electron chi connectivity index (χ0n) is 10.1. The van der Waals surface area contributed by atoms with Gasteiger partial charge in [-0.25, -0.2) is 0 Å². The number of aromatic amines is 1. The monoisotopic (exact) mass is 247 g/mol. The highest BCUT2D eigenvalue weighted by Gasteiger charge is 2.13. The fourth-order valence-electron chi connectivity index (χ4n) is 2.34. The number of nitrogens with zero attached hydrogens (tertiary/aromatic N) is 1. The lowest BCUT2D eigenvalue weighted by Crippen LogP contribution is -2.30. The molecule has 0 spiro atoms. The smallest absolute Gasteiger partial charge is 0.238 e. The summed E-state index contributed by atoms with van der Waals surface area (Å²) in [4.78, 5) is 0. The predicted molar refractivity (Wildman–Crippen MR) is 68.8 cm³/mol. The Labute approximate surface area is 105 Å². The Morgan fingerprint density at radius 2 is 2.17 bits per heavy atom. The van der Waals surface area contributed by atoms with Crippen molar-refractivity contribution in [1.29, 1.82) is 0 Å². The zero-order valence-corrected chi connectivity index (χ0v) is 10.1. The van der Waals surface area contributed by atoms with Crippen LogP contribution in [-0.2, 0) is 0 Å². The van der Waals surface area contributed by atoms with Crippen LogP contribution in [-0.4, -0.2) is 35.0 Å². The molecule has 2 aromatic rings. The van der Waals surface area contributed by atoms with Crippen LogP contribution in [0.3, 0.4) is 0 Å². The summed E-state index contributed by atoms with van der Waals surface area (Å²) >= 11 is 0. The summed E-state index contributed by atoms with van der Waals surface area (Å²) < 4.78 is 5.81. The number of fused-ring (bicyclic) bond motifs is 1. The highest BCUT2D eigenvalue weighted by Crippen LogP contribution is 2.25. The number of benzene rings is 1. The van der Waals surface area contributed by atoms with Gasteiger partial charge in [-0.2, -0.15) is 0 Å². The Hall–Kier alpha value is -1.75. The summed E-state index contributed by atoms with van der Waals surface area (Å²) in [5, 5.41) is 20.0. The maximum atomic E-state index is 9.45. The summed E-state index contributed by atoms with van der Waals surface area (Å²) in [6.45, 7) is 2.93. The lowest BCUT2D eigenvalue weighted by molar-refractivity contribution is 0.215. The average Bonchev–Trinajstić information content (AvgIpc) is 2.79. The van der Waals surface area contributed by atoms with Gasteiger partial charge in [-0.3, -0.25) is 5.10 Å². The van der Waals surface area contributed by atoms with Crippen molar-refractivity contribution in [2.45, 2.75) is 12.8 Å². The summed E-state index contributed by atoms with van der Waals surface area (Å²) in [5.41, 5.74) is 0.801. The molecule has 1 saturated heterocycles. The van der Waals surface area contributed by atoms with Crippen LogP contribution in [0.5, 0.6) is 11.6 Å². The van der Waals surface area contributed by atoms with Gasteiger partial charge in [0.25, 0.3) is 0 Å². The van der Waals surface area contributed by atoms with Crippen LogP contribution in [0.4, 0.5) is 0 Å². The molecule has 2 heterocycles. The second-order valence-electron chi connectivity index (χ2n) is 4.76. The molecule has 5 heteroatoms. The second kappa shape index (κ2) is 4.86. The number of aromatic hydroxyl groups is 1. The minimum atomic E-state index is 0.0369. The molecule has 3 rings (SSSR count). The van der Waals surface area contributed by atoms with E-state index in [1.807, 2.05) is 18.2 Å². The maximum Gasteiger partial charge on any atom is 0.238 e. The molecule has 0 aliphatic carbocycles.